The van der Waals surface area contributed by atoms with Crippen LogP contribution in [0.5, 0.6) is 5.75 Å². The van der Waals surface area contributed by atoms with E-state index >= 15 is 0 Å². The van der Waals surface area contributed by atoms with Crippen molar-refractivity contribution in [3.8, 4) is 5.75 Å². The van der Waals surface area contributed by atoms with E-state index in [2.05, 4.69) is 49.7 Å². The molecule has 1 saturated heterocycles. The Morgan fingerprint density at radius 2 is 1.95 bits per heavy atom. The van der Waals surface area contributed by atoms with Crippen LogP contribution in [0.1, 0.15) is 44.7 Å². The summed E-state index contributed by atoms with van der Waals surface area (Å²) in [4.78, 5) is 11.2. The molecule has 3 aromatic rings. The Balaban J connectivity index is 1.60. The summed E-state index contributed by atoms with van der Waals surface area (Å²) < 4.78 is 20.5. The van der Waals surface area contributed by atoms with Gasteiger partial charge >= 0.3 is 0 Å². The molecule has 38 heavy (non-hydrogen) atoms. The van der Waals surface area contributed by atoms with Gasteiger partial charge in [-0.3, -0.25) is 9.58 Å². The van der Waals surface area contributed by atoms with E-state index in [1.807, 2.05) is 27.7 Å². The highest BCUT2D eigenvalue weighted by atomic mass is 35.5. The summed E-state index contributed by atoms with van der Waals surface area (Å²) in [5, 5.41) is 20.7. The maximum atomic E-state index is 12.8. The minimum Gasteiger partial charge on any atom is -0.610 e. The summed E-state index contributed by atoms with van der Waals surface area (Å²) in [5.74, 6) is 1.83. The molecule has 1 aliphatic heterocycles. The predicted octanol–water partition coefficient (Wildman–Crippen LogP) is 4.35. The summed E-state index contributed by atoms with van der Waals surface area (Å²) in [6.45, 7) is 12.5. The van der Waals surface area contributed by atoms with E-state index in [-0.39, 0.29) is 18.0 Å². The molecule has 0 spiro atoms. The fourth-order valence-corrected chi connectivity index (χ4v) is 5.49. The van der Waals surface area contributed by atoms with Gasteiger partial charge in [-0.15, -0.1) is 5.10 Å². The zero-order valence-corrected chi connectivity index (χ0v) is 24.2. The molecule has 1 aliphatic rings. The summed E-state index contributed by atoms with van der Waals surface area (Å²) in [6.07, 6.45) is 3.25. The smallest absolute Gasteiger partial charge is 0.286 e. The number of hydrogen-bond acceptors (Lipinski definition) is 9. The highest BCUT2D eigenvalue weighted by Gasteiger charge is 2.30. The molecule has 1 fully saturated rings. The van der Waals surface area contributed by atoms with Crippen LogP contribution in [0.4, 0.5) is 23.1 Å². The predicted molar refractivity (Wildman–Crippen MR) is 152 cm³/mol. The minimum absolute atomic E-state index is 0.0208. The van der Waals surface area contributed by atoms with Gasteiger partial charge < -0.3 is 25.0 Å². The molecule has 4 rings (SSSR count). The Bertz CT molecular complexity index is 1260. The normalized spacial score (nSPS) is 15.1. The number of benzene rings is 1. The van der Waals surface area contributed by atoms with Crippen LogP contribution in [0, 0.1) is 6.92 Å². The molecule has 1 aromatic carbocycles. The molecule has 12 heteroatoms. The molecule has 3 N–H and O–H groups in total. The fourth-order valence-electron chi connectivity index (χ4n) is 4.37. The average molecular weight is 562 g/mol. The first-order chi connectivity index (χ1) is 18.0. The SMILES string of the molecule is Cc1cc(Nc2ncc(Cl)c(Nc3cn(C)nc3[S+]([O-])C(C)C)n2)c(OC(C)C)cc1C1CN(CCO)C1. The van der Waals surface area contributed by atoms with Crippen LogP contribution in [0.3, 0.4) is 0 Å². The third kappa shape index (κ3) is 6.52. The minimum atomic E-state index is -1.29. The van der Waals surface area contributed by atoms with Crippen LogP contribution < -0.4 is 15.4 Å². The van der Waals surface area contributed by atoms with Gasteiger partial charge in [-0.2, -0.15) is 4.98 Å². The van der Waals surface area contributed by atoms with Gasteiger partial charge in [0, 0.05) is 43.8 Å². The van der Waals surface area contributed by atoms with Crippen molar-refractivity contribution in [3.63, 3.8) is 0 Å². The standard InChI is InChI=1S/C26H36ClN7O3S/c1-15(2)37-23-10-19(18-12-34(13-18)7-8-35)17(5)9-21(23)30-26-28-11-20(27)24(31-26)29-22-14-33(6)32-25(22)38(36)16(3)4/h9-11,14-16,18,35H,7-8,12-13H2,1-6H3,(H2,28,29,30,31). The Hall–Kier alpha value is -2.57. The number of aromatic nitrogens is 4. The van der Waals surface area contributed by atoms with Gasteiger partial charge in [0.1, 0.15) is 21.7 Å². The highest BCUT2D eigenvalue weighted by Crippen LogP contribution is 2.38. The third-order valence-corrected chi connectivity index (χ3v) is 8.02. The molecule has 0 bridgehead atoms. The van der Waals surface area contributed by atoms with Gasteiger partial charge in [-0.1, -0.05) is 11.6 Å². The average Bonchev–Trinajstić information content (AvgIpc) is 3.19. The Morgan fingerprint density at radius 1 is 1.21 bits per heavy atom. The molecular formula is C26H36ClN7O3S. The lowest BCUT2D eigenvalue weighted by Crippen LogP contribution is -2.46. The van der Waals surface area contributed by atoms with Gasteiger partial charge in [0.15, 0.2) is 5.82 Å². The van der Waals surface area contributed by atoms with Crippen molar-refractivity contribution >= 4 is 45.9 Å². The van der Waals surface area contributed by atoms with Gasteiger partial charge in [0.05, 0.1) is 30.8 Å². The van der Waals surface area contributed by atoms with Crippen LogP contribution in [0.15, 0.2) is 29.6 Å². The van der Waals surface area contributed by atoms with Gasteiger partial charge in [0.2, 0.25) is 5.95 Å². The number of rotatable bonds is 11. The maximum absolute atomic E-state index is 12.8. The number of nitrogens with zero attached hydrogens (tertiary/aromatic N) is 5. The molecule has 0 saturated carbocycles. The second kappa shape index (κ2) is 12.1. The van der Waals surface area contributed by atoms with E-state index in [0.717, 1.165) is 30.1 Å². The first kappa shape index (κ1) is 28.4. The summed E-state index contributed by atoms with van der Waals surface area (Å²) in [6, 6.07) is 4.15. The number of aliphatic hydroxyl groups excluding tert-OH is 1. The number of halogens is 1. The van der Waals surface area contributed by atoms with Crippen molar-refractivity contribution in [3.05, 3.63) is 40.7 Å². The Morgan fingerprint density at radius 3 is 2.61 bits per heavy atom. The van der Waals surface area contributed by atoms with Crippen molar-refractivity contribution < 1.29 is 14.4 Å². The highest BCUT2D eigenvalue weighted by molar-refractivity contribution is 7.92. The molecule has 0 radical (unpaired) electrons. The van der Waals surface area contributed by atoms with Crippen molar-refractivity contribution in [1.29, 1.82) is 0 Å². The van der Waals surface area contributed by atoms with E-state index < -0.39 is 11.2 Å². The molecule has 2 aromatic heterocycles. The molecule has 0 amide bonds. The second-order valence-electron chi connectivity index (χ2n) is 10.1. The Kier molecular flexibility index (Phi) is 9.04. The molecule has 1 unspecified atom stereocenters. The summed E-state index contributed by atoms with van der Waals surface area (Å²) >= 11 is 5.14. The van der Waals surface area contributed by atoms with Gasteiger partial charge in [-0.05, 0) is 57.9 Å². The van der Waals surface area contributed by atoms with Crippen molar-refractivity contribution in [2.45, 2.75) is 56.9 Å². The third-order valence-electron chi connectivity index (χ3n) is 6.20. The monoisotopic (exact) mass is 561 g/mol. The number of aryl methyl sites for hydroxylation is 2. The lowest BCUT2D eigenvalue weighted by Gasteiger charge is -2.40. The van der Waals surface area contributed by atoms with Gasteiger partial charge in [-0.25, -0.2) is 4.98 Å². The van der Waals surface area contributed by atoms with Crippen LogP contribution in [0.2, 0.25) is 5.02 Å². The first-order valence-corrected chi connectivity index (χ1v) is 14.3. The molecule has 0 aliphatic carbocycles. The number of ether oxygens (including phenoxy) is 1. The number of anilines is 4. The molecule has 1 atom stereocenters. The number of likely N-dealkylation sites (tertiary alicyclic amines) is 1. The zero-order chi connectivity index (χ0) is 27.6. The lowest BCUT2D eigenvalue weighted by molar-refractivity contribution is 0.115. The lowest BCUT2D eigenvalue weighted by atomic mass is 9.88. The maximum Gasteiger partial charge on any atom is 0.286 e. The Labute approximate surface area is 231 Å². The number of aliphatic hydroxyl groups is 1. The van der Waals surface area contributed by atoms with E-state index in [1.54, 1.807) is 17.9 Å². The number of nitrogens with one attached hydrogen (secondary N) is 2. The molecule has 3 heterocycles. The van der Waals surface area contributed by atoms with Gasteiger partial charge in [0.25, 0.3) is 5.03 Å². The largest absolute Gasteiger partial charge is 0.610 e. The van der Waals surface area contributed by atoms with Crippen LogP contribution in [-0.4, -0.2) is 71.9 Å². The summed E-state index contributed by atoms with van der Waals surface area (Å²) in [5.41, 5.74) is 3.70. The van der Waals surface area contributed by atoms with E-state index in [1.165, 1.54) is 11.8 Å². The van der Waals surface area contributed by atoms with Crippen LogP contribution in [-0.2, 0) is 18.2 Å². The zero-order valence-electron chi connectivity index (χ0n) is 22.7. The second-order valence-corrected chi connectivity index (χ2v) is 12.4. The quantitative estimate of drug-likeness (QED) is 0.293. The molecule has 10 nitrogen and oxygen atoms in total. The van der Waals surface area contributed by atoms with E-state index in [9.17, 15) is 9.66 Å². The first-order valence-electron chi connectivity index (χ1n) is 12.7. The summed E-state index contributed by atoms with van der Waals surface area (Å²) in [7, 11) is 1.77. The van der Waals surface area contributed by atoms with E-state index in [4.69, 9.17) is 16.3 Å². The topological polar surface area (TPSA) is 123 Å². The van der Waals surface area contributed by atoms with Crippen molar-refractivity contribution in [1.82, 2.24) is 24.6 Å². The number of β-amino-alcohol motifs (C(OH)–C–C–N with tert-alkyl or cyclic N) is 1. The van der Waals surface area contributed by atoms with Crippen molar-refractivity contribution in [2.75, 3.05) is 36.9 Å². The molecular weight excluding hydrogens is 526 g/mol. The van der Waals surface area contributed by atoms with E-state index in [0.29, 0.717) is 40.0 Å². The van der Waals surface area contributed by atoms with Crippen LogP contribution in [0.25, 0.3) is 0 Å². The molecule has 206 valence electrons. The van der Waals surface area contributed by atoms with Crippen LogP contribution >= 0.6 is 11.6 Å². The number of hydrogen-bond donors (Lipinski definition) is 3. The fraction of sp³-hybridized carbons (Fsp3) is 0.500. The van der Waals surface area contributed by atoms with Crippen molar-refractivity contribution in [2.24, 2.45) is 7.05 Å².